The molecule has 0 unspecified atom stereocenters. The third-order valence-electron chi connectivity index (χ3n) is 3.02. The van der Waals surface area contributed by atoms with E-state index in [4.69, 9.17) is 4.74 Å². The smallest absolute Gasteiger partial charge is 0.338 e. The van der Waals surface area contributed by atoms with E-state index in [2.05, 4.69) is 11.4 Å². The topological polar surface area (TPSA) is 98.5 Å². The molecule has 0 saturated carbocycles. The number of carbonyl (C=O) groups is 2. The summed E-state index contributed by atoms with van der Waals surface area (Å²) in [7, 11) is 0. The van der Waals surface area contributed by atoms with Gasteiger partial charge >= 0.3 is 5.97 Å². The van der Waals surface area contributed by atoms with Crippen molar-refractivity contribution in [2.24, 2.45) is 0 Å². The molecule has 0 fully saturated rings. The van der Waals surface area contributed by atoms with Crippen LogP contribution in [-0.2, 0) is 15.3 Å². The molecule has 2 rings (SSSR count). The molecular weight excluding hydrogens is 364 g/mol. The van der Waals surface area contributed by atoms with E-state index in [-0.39, 0.29) is 11.3 Å². The molecule has 1 amide bonds. The lowest BCUT2D eigenvalue weighted by Gasteiger charge is -2.06. The summed E-state index contributed by atoms with van der Waals surface area (Å²) in [5.74, 6) is 0.471. The number of nitro benzene ring substituents is 1. The summed E-state index contributed by atoms with van der Waals surface area (Å²) in [5, 5.41) is 15.4. The van der Waals surface area contributed by atoms with E-state index < -0.39 is 23.4 Å². The number of hydrogen-bond acceptors (Lipinski definition) is 7. The number of amides is 1. The standard InChI is InChI=1S/C16H16N2O5S2/c19-15(17-6-8-24-11-14-5-2-7-25-14)10-23-16(20)12-3-1-4-13(9-12)18(21)22/h1-5,7,9H,6,8,10-11H2,(H,17,19). The Kier molecular flexibility index (Phi) is 7.42. The molecule has 0 bridgehead atoms. The number of benzene rings is 1. The number of thioether (sulfide) groups is 1. The lowest BCUT2D eigenvalue weighted by Crippen LogP contribution is -2.30. The average Bonchev–Trinajstić information content (AvgIpc) is 3.13. The lowest BCUT2D eigenvalue weighted by molar-refractivity contribution is -0.384. The van der Waals surface area contributed by atoms with E-state index in [9.17, 15) is 19.7 Å². The van der Waals surface area contributed by atoms with Crippen molar-refractivity contribution in [1.82, 2.24) is 5.32 Å². The van der Waals surface area contributed by atoms with Gasteiger partial charge in [-0.15, -0.1) is 11.3 Å². The van der Waals surface area contributed by atoms with Crippen LogP contribution in [0.4, 0.5) is 5.69 Å². The number of hydrogen-bond donors (Lipinski definition) is 1. The van der Waals surface area contributed by atoms with Gasteiger partial charge in [-0.3, -0.25) is 14.9 Å². The molecule has 1 heterocycles. The van der Waals surface area contributed by atoms with Gasteiger partial charge in [0.1, 0.15) is 0 Å². The molecule has 1 aromatic carbocycles. The van der Waals surface area contributed by atoms with Crippen LogP contribution in [0.3, 0.4) is 0 Å². The number of esters is 1. The molecule has 0 aliphatic carbocycles. The fourth-order valence-corrected chi connectivity index (χ4v) is 3.54. The van der Waals surface area contributed by atoms with E-state index in [1.165, 1.54) is 23.1 Å². The Bertz CT molecular complexity index is 734. The maximum atomic E-state index is 11.8. The predicted octanol–water partition coefficient (Wildman–Crippen LogP) is 2.86. The zero-order valence-electron chi connectivity index (χ0n) is 13.2. The van der Waals surface area contributed by atoms with Crippen molar-refractivity contribution in [1.29, 1.82) is 0 Å². The fraction of sp³-hybridized carbons (Fsp3) is 0.250. The van der Waals surface area contributed by atoms with Gasteiger partial charge < -0.3 is 10.1 Å². The average molecular weight is 380 g/mol. The minimum Gasteiger partial charge on any atom is -0.452 e. The van der Waals surface area contributed by atoms with Crippen LogP contribution in [0.15, 0.2) is 41.8 Å². The summed E-state index contributed by atoms with van der Waals surface area (Å²) in [6, 6.07) is 9.23. The second-order valence-electron chi connectivity index (χ2n) is 4.87. The Hall–Kier alpha value is -2.39. The van der Waals surface area contributed by atoms with Crippen molar-refractivity contribution < 1.29 is 19.2 Å². The second kappa shape index (κ2) is 9.80. The lowest BCUT2D eigenvalue weighted by atomic mass is 10.2. The van der Waals surface area contributed by atoms with E-state index in [1.54, 1.807) is 23.1 Å². The summed E-state index contributed by atoms with van der Waals surface area (Å²) in [4.78, 5) is 34.8. The van der Waals surface area contributed by atoms with Crippen molar-refractivity contribution in [2.75, 3.05) is 18.9 Å². The molecule has 25 heavy (non-hydrogen) atoms. The van der Waals surface area contributed by atoms with Crippen LogP contribution in [0.2, 0.25) is 0 Å². The minimum absolute atomic E-state index is 0.0357. The molecule has 9 heteroatoms. The van der Waals surface area contributed by atoms with Crippen LogP contribution in [0.25, 0.3) is 0 Å². The molecule has 1 N–H and O–H groups in total. The van der Waals surface area contributed by atoms with Crippen molar-refractivity contribution in [2.45, 2.75) is 5.75 Å². The molecule has 132 valence electrons. The van der Waals surface area contributed by atoms with Crippen LogP contribution in [-0.4, -0.2) is 35.7 Å². The minimum atomic E-state index is -0.772. The molecule has 2 aromatic rings. The molecule has 7 nitrogen and oxygen atoms in total. The first kappa shape index (κ1) is 18.9. The van der Waals surface area contributed by atoms with Crippen LogP contribution >= 0.6 is 23.1 Å². The number of nitro groups is 1. The maximum absolute atomic E-state index is 11.8. The summed E-state index contributed by atoms with van der Waals surface area (Å²) in [5.41, 5.74) is -0.171. The van der Waals surface area contributed by atoms with Crippen molar-refractivity contribution in [3.05, 3.63) is 62.3 Å². The van der Waals surface area contributed by atoms with Crippen LogP contribution in [0, 0.1) is 10.1 Å². The second-order valence-corrected chi connectivity index (χ2v) is 7.00. The SMILES string of the molecule is O=C(COC(=O)c1cccc([N+](=O)[O-])c1)NCCSCc1cccs1. The Morgan fingerprint density at radius 2 is 2.12 bits per heavy atom. The van der Waals surface area contributed by atoms with Crippen molar-refractivity contribution in [3.8, 4) is 0 Å². The first-order chi connectivity index (χ1) is 12.1. The Morgan fingerprint density at radius 3 is 2.84 bits per heavy atom. The number of nitrogens with one attached hydrogen (secondary N) is 1. The molecule has 0 saturated heterocycles. The van der Waals surface area contributed by atoms with E-state index in [0.717, 1.165) is 17.6 Å². The highest BCUT2D eigenvalue weighted by molar-refractivity contribution is 7.98. The maximum Gasteiger partial charge on any atom is 0.338 e. The summed E-state index contributed by atoms with van der Waals surface area (Å²) in [6.45, 7) is 0.0559. The van der Waals surface area contributed by atoms with E-state index in [1.807, 2.05) is 11.4 Å². The Labute approximate surface area is 152 Å². The zero-order chi connectivity index (χ0) is 18.1. The number of nitrogens with zero attached hydrogens (tertiary/aromatic N) is 1. The molecule has 1 aromatic heterocycles. The number of rotatable bonds is 9. The molecule has 0 aliphatic heterocycles. The summed E-state index contributed by atoms with van der Waals surface area (Å²) < 4.78 is 4.86. The highest BCUT2D eigenvalue weighted by Gasteiger charge is 2.14. The van der Waals surface area contributed by atoms with Gasteiger partial charge in [-0.1, -0.05) is 12.1 Å². The predicted molar refractivity (Wildman–Crippen MR) is 96.9 cm³/mol. The molecule has 0 spiro atoms. The van der Waals surface area contributed by atoms with Crippen LogP contribution < -0.4 is 5.32 Å². The number of ether oxygens (including phenoxy) is 1. The first-order valence-corrected chi connectivity index (χ1v) is 9.38. The van der Waals surface area contributed by atoms with Gasteiger partial charge in [0.15, 0.2) is 6.61 Å². The molecule has 0 atom stereocenters. The fourth-order valence-electron chi connectivity index (χ4n) is 1.84. The normalized spacial score (nSPS) is 10.2. The highest BCUT2D eigenvalue weighted by atomic mass is 32.2. The Morgan fingerprint density at radius 1 is 1.28 bits per heavy atom. The highest BCUT2D eigenvalue weighted by Crippen LogP contribution is 2.16. The summed E-state index contributed by atoms with van der Waals surface area (Å²) in [6.07, 6.45) is 0. The summed E-state index contributed by atoms with van der Waals surface area (Å²) >= 11 is 3.39. The monoisotopic (exact) mass is 380 g/mol. The van der Waals surface area contributed by atoms with Gasteiger partial charge in [-0.05, 0) is 17.5 Å². The van der Waals surface area contributed by atoms with Crippen LogP contribution in [0.1, 0.15) is 15.2 Å². The van der Waals surface area contributed by atoms with E-state index in [0.29, 0.717) is 6.54 Å². The van der Waals surface area contributed by atoms with Crippen molar-refractivity contribution in [3.63, 3.8) is 0 Å². The molecular formula is C16H16N2O5S2. The largest absolute Gasteiger partial charge is 0.452 e. The van der Waals surface area contributed by atoms with E-state index >= 15 is 0 Å². The van der Waals surface area contributed by atoms with Crippen molar-refractivity contribution >= 4 is 40.7 Å². The molecule has 0 aliphatic rings. The number of carbonyl (C=O) groups excluding carboxylic acids is 2. The van der Waals surface area contributed by atoms with Gasteiger partial charge in [0.25, 0.3) is 11.6 Å². The number of non-ortho nitro benzene ring substituents is 1. The van der Waals surface area contributed by atoms with Gasteiger partial charge in [0.05, 0.1) is 10.5 Å². The molecule has 0 radical (unpaired) electrons. The third kappa shape index (κ3) is 6.55. The van der Waals surface area contributed by atoms with Gasteiger partial charge in [-0.2, -0.15) is 11.8 Å². The Balaban J connectivity index is 1.64. The first-order valence-electron chi connectivity index (χ1n) is 7.34. The third-order valence-corrected chi connectivity index (χ3v) is 5.09. The zero-order valence-corrected chi connectivity index (χ0v) is 14.8. The van der Waals surface area contributed by atoms with Gasteiger partial charge in [0, 0.05) is 35.1 Å². The van der Waals surface area contributed by atoms with Gasteiger partial charge in [-0.25, -0.2) is 4.79 Å². The quantitative estimate of drug-likeness (QED) is 0.311. The van der Waals surface area contributed by atoms with Crippen LogP contribution in [0.5, 0.6) is 0 Å². The van der Waals surface area contributed by atoms with Gasteiger partial charge in [0.2, 0.25) is 0 Å². The number of thiophene rings is 1.